The summed E-state index contributed by atoms with van der Waals surface area (Å²) in [5.74, 6) is 0. The van der Waals surface area contributed by atoms with Crippen LogP contribution in [0.1, 0.15) is 19.3 Å². The maximum atomic E-state index is 7.60. The molecule has 0 aromatic carbocycles. The molecule has 3 nitrogen and oxygen atoms in total. The van der Waals surface area contributed by atoms with Gasteiger partial charge in [0.15, 0.2) is 0 Å². The maximum absolute atomic E-state index is 7.60. The van der Waals surface area contributed by atoms with E-state index in [0.717, 1.165) is 32.4 Å². The molecule has 13 heavy (non-hydrogen) atoms. The highest BCUT2D eigenvalue weighted by atomic mass is 35.5. The standard InChI is InChI=1S/C9H17ClN2O/c1-13-7-4-9(8(10)11)2-5-12-6-3-9/h11-12H,2-7H2,1H3. The lowest BCUT2D eigenvalue weighted by Crippen LogP contribution is -2.40. The van der Waals surface area contributed by atoms with Crippen molar-refractivity contribution in [1.29, 1.82) is 5.41 Å². The van der Waals surface area contributed by atoms with E-state index in [1.165, 1.54) is 0 Å². The molecule has 0 amide bonds. The lowest BCUT2D eigenvalue weighted by atomic mass is 9.77. The molecule has 0 aromatic heterocycles. The number of methoxy groups -OCH3 is 1. The molecule has 0 bridgehead atoms. The zero-order valence-corrected chi connectivity index (χ0v) is 8.78. The van der Waals surface area contributed by atoms with Crippen LogP contribution in [0.4, 0.5) is 0 Å². The largest absolute Gasteiger partial charge is 0.385 e. The average Bonchev–Trinajstić information content (AvgIpc) is 2.16. The van der Waals surface area contributed by atoms with Gasteiger partial charge in [-0.3, -0.25) is 5.41 Å². The normalized spacial score (nSPS) is 21.4. The predicted molar refractivity (Wildman–Crippen MR) is 54.6 cm³/mol. The molecule has 1 fully saturated rings. The van der Waals surface area contributed by atoms with Gasteiger partial charge in [-0.15, -0.1) is 0 Å². The number of hydrogen-bond acceptors (Lipinski definition) is 3. The number of hydrogen-bond donors (Lipinski definition) is 2. The zero-order chi connectivity index (χ0) is 9.73. The summed E-state index contributed by atoms with van der Waals surface area (Å²) in [7, 11) is 1.69. The summed E-state index contributed by atoms with van der Waals surface area (Å²) in [6.45, 7) is 2.60. The van der Waals surface area contributed by atoms with Gasteiger partial charge in [-0.2, -0.15) is 0 Å². The molecule has 1 heterocycles. The molecule has 2 N–H and O–H groups in total. The average molecular weight is 205 g/mol. The first kappa shape index (κ1) is 11.0. The van der Waals surface area contributed by atoms with E-state index in [9.17, 15) is 0 Å². The van der Waals surface area contributed by atoms with Crippen LogP contribution in [-0.2, 0) is 4.74 Å². The lowest BCUT2D eigenvalue weighted by Gasteiger charge is -2.35. The Labute approximate surface area is 84.3 Å². The van der Waals surface area contributed by atoms with Crippen molar-refractivity contribution in [3.05, 3.63) is 0 Å². The van der Waals surface area contributed by atoms with Gasteiger partial charge in [-0.25, -0.2) is 0 Å². The van der Waals surface area contributed by atoms with Gasteiger partial charge in [0.05, 0.1) is 0 Å². The van der Waals surface area contributed by atoms with E-state index in [1.54, 1.807) is 7.11 Å². The van der Waals surface area contributed by atoms with Gasteiger partial charge in [-0.1, -0.05) is 11.6 Å². The van der Waals surface area contributed by atoms with Crippen molar-refractivity contribution in [3.63, 3.8) is 0 Å². The third-order valence-electron chi connectivity index (χ3n) is 2.81. The van der Waals surface area contributed by atoms with Crippen molar-refractivity contribution in [3.8, 4) is 0 Å². The van der Waals surface area contributed by atoms with Gasteiger partial charge in [0.25, 0.3) is 0 Å². The third kappa shape index (κ3) is 2.66. The molecule has 0 unspecified atom stereocenters. The Morgan fingerprint density at radius 2 is 2.15 bits per heavy atom. The van der Waals surface area contributed by atoms with Gasteiger partial charge >= 0.3 is 0 Å². The topological polar surface area (TPSA) is 45.1 Å². The molecule has 1 saturated heterocycles. The van der Waals surface area contributed by atoms with Gasteiger partial charge in [0.2, 0.25) is 0 Å². The third-order valence-corrected chi connectivity index (χ3v) is 3.21. The molecule has 0 radical (unpaired) electrons. The minimum atomic E-state index is -0.108. The van der Waals surface area contributed by atoms with Crippen molar-refractivity contribution in [1.82, 2.24) is 5.32 Å². The highest BCUT2D eigenvalue weighted by Crippen LogP contribution is 2.35. The van der Waals surface area contributed by atoms with Crippen LogP contribution in [0, 0.1) is 10.8 Å². The summed E-state index contributed by atoms with van der Waals surface area (Å²) in [5.41, 5.74) is -0.108. The van der Waals surface area contributed by atoms with Crippen LogP contribution in [0.5, 0.6) is 0 Å². The Kier molecular flexibility index (Phi) is 4.16. The number of halogens is 1. The summed E-state index contributed by atoms with van der Waals surface area (Å²) >= 11 is 5.85. The molecule has 1 aliphatic heterocycles. The minimum Gasteiger partial charge on any atom is -0.385 e. The van der Waals surface area contributed by atoms with Crippen LogP contribution in [0.25, 0.3) is 0 Å². The summed E-state index contributed by atoms with van der Waals surface area (Å²) in [5, 5.41) is 11.2. The van der Waals surface area contributed by atoms with Crippen LogP contribution in [-0.4, -0.2) is 32.0 Å². The summed E-state index contributed by atoms with van der Waals surface area (Å²) in [6, 6.07) is 0. The van der Waals surface area contributed by atoms with Crippen LogP contribution >= 0.6 is 11.6 Å². The van der Waals surface area contributed by atoms with Crippen molar-refractivity contribution in [2.45, 2.75) is 19.3 Å². The molecule has 0 aromatic rings. The molecule has 76 valence electrons. The molecule has 0 spiro atoms. The van der Waals surface area contributed by atoms with Gasteiger partial charge < -0.3 is 10.1 Å². The second-order valence-corrected chi connectivity index (χ2v) is 3.97. The van der Waals surface area contributed by atoms with Crippen LogP contribution < -0.4 is 5.32 Å². The molecule has 0 saturated carbocycles. The van der Waals surface area contributed by atoms with Gasteiger partial charge in [0.1, 0.15) is 5.17 Å². The number of ether oxygens (including phenoxy) is 1. The predicted octanol–water partition coefficient (Wildman–Crippen LogP) is 1.61. The molecule has 1 aliphatic rings. The SMILES string of the molecule is COCCC1(C(=N)Cl)CCNCC1. The van der Waals surface area contributed by atoms with Crippen molar-refractivity contribution in [2.24, 2.45) is 5.41 Å². The van der Waals surface area contributed by atoms with E-state index >= 15 is 0 Å². The maximum Gasteiger partial charge on any atom is 0.103 e. The fraction of sp³-hybridized carbons (Fsp3) is 0.889. The van der Waals surface area contributed by atoms with E-state index in [-0.39, 0.29) is 5.41 Å². The first-order chi connectivity index (χ1) is 6.21. The summed E-state index contributed by atoms with van der Waals surface area (Å²) in [6.07, 6.45) is 2.78. The van der Waals surface area contributed by atoms with E-state index in [1.807, 2.05) is 0 Å². The molecule has 0 atom stereocenters. The van der Waals surface area contributed by atoms with Crippen molar-refractivity contribution < 1.29 is 4.74 Å². The molecular weight excluding hydrogens is 188 g/mol. The van der Waals surface area contributed by atoms with Crippen molar-refractivity contribution in [2.75, 3.05) is 26.8 Å². The first-order valence-electron chi connectivity index (χ1n) is 4.65. The van der Waals surface area contributed by atoms with Crippen LogP contribution in [0.3, 0.4) is 0 Å². The second kappa shape index (κ2) is 4.94. The fourth-order valence-electron chi connectivity index (χ4n) is 1.78. The Hall–Kier alpha value is -0.120. The number of piperidine rings is 1. The minimum absolute atomic E-state index is 0.108. The summed E-state index contributed by atoms with van der Waals surface area (Å²) < 4.78 is 5.04. The molecular formula is C9H17ClN2O. The number of rotatable bonds is 4. The van der Waals surface area contributed by atoms with Crippen LogP contribution in [0.15, 0.2) is 0 Å². The van der Waals surface area contributed by atoms with Crippen LogP contribution in [0.2, 0.25) is 0 Å². The van der Waals surface area contributed by atoms with E-state index in [4.69, 9.17) is 21.7 Å². The van der Waals surface area contributed by atoms with Gasteiger partial charge in [-0.05, 0) is 32.4 Å². The molecule has 0 aliphatic carbocycles. The Morgan fingerprint density at radius 1 is 1.54 bits per heavy atom. The Morgan fingerprint density at radius 3 is 2.62 bits per heavy atom. The lowest BCUT2D eigenvalue weighted by molar-refractivity contribution is 0.148. The van der Waals surface area contributed by atoms with E-state index in [0.29, 0.717) is 11.8 Å². The molecule has 4 heteroatoms. The monoisotopic (exact) mass is 204 g/mol. The Bertz CT molecular complexity index is 178. The van der Waals surface area contributed by atoms with Gasteiger partial charge in [0, 0.05) is 19.1 Å². The second-order valence-electron chi connectivity index (χ2n) is 3.59. The highest BCUT2D eigenvalue weighted by molar-refractivity contribution is 6.65. The molecule has 1 rings (SSSR count). The summed E-state index contributed by atoms with van der Waals surface area (Å²) in [4.78, 5) is 0. The van der Waals surface area contributed by atoms with E-state index in [2.05, 4.69) is 5.32 Å². The first-order valence-corrected chi connectivity index (χ1v) is 5.03. The fourth-order valence-corrected chi connectivity index (χ4v) is 2.07. The van der Waals surface area contributed by atoms with Crippen molar-refractivity contribution >= 4 is 16.8 Å². The smallest absolute Gasteiger partial charge is 0.103 e. The zero-order valence-electron chi connectivity index (χ0n) is 8.03. The number of nitrogens with one attached hydrogen (secondary N) is 2. The quantitative estimate of drug-likeness (QED) is 0.684. The highest BCUT2D eigenvalue weighted by Gasteiger charge is 2.35. The Balaban J connectivity index is 2.56. The van der Waals surface area contributed by atoms with E-state index < -0.39 is 0 Å².